The molecule has 4 nitrogen and oxygen atoms in total. The summed E-state index contributed by atoms with van der Waals surface area (Å²) in [5.74, 6) is 0.0713. The fourth-order valence-electron chi connectivity index (χ4n) is 2.98. The molecule has 0 radical (unpaired) electrons. The number of nitrogens with zero attached hydrogens (tertiary/aromatic N) is 2. The molecule has 2 aromatic rings. The van der Waals surface area contributed by atoms with Crippen LogP contribution in [-0.4, -0.2) is 49.3 Å². The van der Waals surface area contributed by atoms with Crippen LogP contribution in [0.1, 0.15) is 12.5 Å². The molecule has 1 saturated heterocycles. The Kier molecular flexibility index (Phi) is 6.58. The van der Waals surface area contributed by atoms with Gasteiger partial charge in [-0.15, -0.1) is 11.8 Å². The molecule has 26 heavy (non-hydrogen) atoms. The van der Waals surface area contributed by atoms with Crippen molar-refractivity contribution in [2.45, 2.75) is 23.6 Å². The van der Waals surface area contributed by atoms with Crippen molar-refractivity contribution < 1.29 is 4.79 Å². The first-order valence-corrected chi connectivity index (χ1v) is 10.0. The van der Waals surface area contributed by atoms with Crippen LogP contribution in [0.15, 0.2) is 59.5 Å². The second-order valence-corrected chi connectivity index (χ2v) is 8.16. The van der Waals surface area contributed by atoms with Gasteiger partial charge in [0.05, 0.1) is 5.25 Å². The lowest BCUT2D eigenvalue weighted by Crippen LogP contribution is -2.44. The van der Waals surface area contributed by atoms with Gasteiger partial charge in [-0.2, -0.15) is 0 Å². The Labute approximate surface area is 160 Å². The van der Waals surface area contributed by atoms with Crippen LogP contribution in [0, 0.1) is 0 Å². The van der Waals surface area contributed by atoms with E-state index in [9.17, 15) is 4.79 Å². The minimum Gasteiger partial charge on any atom is -0.369 e. The molecular formula is C21H27N3OS. The van der Waals surface area contributed by atoms with Crippen LogP contribution in [0.4, 0.5) is 5.69 Å². The number of carbonyl (C=O) groups excluding carboxylic acids is 1. The number of benzene rings is 2. The van der Waals surface area contributed by atoms with Crippen molar-refractivity contribution in [3.63, 3.8) is 0 Å². The molecule has 0 aromatic heterocycles. The predicted octanol–water partition coefficient (Wildman–Crippen LogP) is 3.24. The number of thioether (sulfide) groups is 1. The summed E-state index contributed by atoms with van der Waals surface area (Å²) >= 11 is 1.59. The number of amides is 1. The van der Waals surface area contributed by atoms with E-state index in [-0.39, 0.29) is 11.2 Å². The van der Waals surface area contributed by atoms with Gasteiger partial charge in [0.15, 0.2) is 0 Å². The second kappa shape index (κ2) is 9.10. The molecule has 1 atom stereocenters. The maximum absolute atomic E-state index is 12.3. The molecule has 5 heteroatoms. The Bertz CT molecular complexity index is 697. The zero-order valence-corrected chi connectivity index (χ0v) is 16.3. The first-order valence-electron chi connectivity index (χ1n) is 9.13. The Balaban J connectivity index is 1.47. The van der Waals surface area contributed by atoms with Crippen molar-refractivity contribution in [3.8, 4) is 0 Å². The fourth-order valence-corrected chi connectivity index (χ4v) is 3.89. The molecule has 1 aliphatic rings. The molecule has 0 saturated carbocycles. The summed E-state index contributed by atoms with van der Waals surface area (Å²) < 4.78 is 0. The minimum absolute atomic E-state index is 0.0713. The zero-order chi connectivity index (χ0) is 18.4. The van der Waals surface area contributed by atoms with Crippen molar-refractivity contribution in [2.24, 2.45) is 0 Å². The molecule has 0 spiro atoms. The summed E-state index contributed by atoms with van der Waals surface area (Å²) in [5, 5.41) is 2.93. The van der Waals surface area contributed by atoms with Crippen LogP contribution in [0.25, 0.3) is 0 Å². The molecule has 0 unspecified atom stereocenters. The van der Waals surface area contributed by atoms with Gasteiger partial charge in [-0.25, -0.2) is 0 Å². The largest absolute Gasteiger partial charge is 0.369 e. The average molecular weight is 370 g/mol. The molecule has 1 N–H and O–H groups in total. The molecule has 1 aliphatic heterocycles. The molecule has 0 aliphatic carbocycles. The van der Waals surface area contributed by atoms with Crippen LogP contribution in [-0.2, 0) is 11.3 Å². The van der Waals surface area contributed by atoms with E-state index in [1.807, 2.05) is 37.3 Å². The molecule has 3 rings (SSSR count). The van der Waals surface area contributed by atoms with Crippen molar-refractivity contribution in [1.82, 2.24) is 10.2 Å². The Morgan fingerprint density at radius 3 is 2.35 bits per heavy atom. The molecule has 1 amide bonds. The van der Waals surface area contributed by atoms with Gasteiger partial charge in [-0.3, -0.25) is 4.79 Å². The maximum Gasteiger partial charge on any atom is 0.233 e. The van der Waals surface area contributed by atoms with Gasteiger partial charge < -0.3 is 15.1 Å². The van der Waals surface area contributed by atoms with Crippen LogP contribution in [0.5, 0.6) is 0 Å². The van der Waals surface area contributed by atoms with Gasteiger partial charge in [0, 0.05) is 43.3 Å². The Morgan fingerprint density at radius 2 is 1.69 bits per heavy atom. The fraction of sp³-hybridized carbons (Fsp3) is 0.381. The smallest absolute Gasteiger partial charge is 0.233 e. The number of hydrogen-bond acceptors (Lipinski definition) is 4. The van der Waals surface area contributed by atoms with Crippen LogP contribution in [0.3, 0.4) is 0 Å². The number of nitrogens with one attached hydrogen (secondary N) is 1. The highest BCUT2D eigenvalue weighted by Crippen LogP contribution is 2.23. The minimum atomic E-state index is -0.109. The molecule has 0 bridgehead atoms. The number of hydrogen-bond donors (Lipinski definition) is 1. The van der Waals surface area contributed by atoms with E-state index in [0.29, 0.717) is 6.54 Å². The lowest BCUT2D eigenvalue weighted by atomic mass is 10.1. The standard InChI is InChI=1S/C21H27N3OS/c1-17(26-20-6-4-3-5-7-20)21(25)22-16-18-8-10-19(11-9-18)24-14-12-23(2)13-15-24/h3-11,17H,12-16H2,1-2H3,(H,22,25)/t17-/m0/s1. The third kappa shape index (κ3) is 5.26. The topological polar surface area (TPSA) is 35.6 Å². The number of rotatable bonds is 6. The van der Waals surface area contributed by atoms with Crippen molar-refractivity contribution in [3.05, 3.63) is 60.2 Å². The highest BCUT2D eigenvalue weighted by Gasteiger charge is 2.15. The average Bonchev–Trinajstić information content (AvgIpc) is 2.68. The van der Waals surface area contributed by atoms with Crippen LogP contribution < -0.4 is 10.2 Å². The monoisotopic (exact) mass is 369 g/mol. The first kappa shape index (κ1) is 18.8. The van der Waals surface area contributed by atoms with Gasteiger partial charge in [0.1, 0.15) is 0 Å². The number of carbonyl (C=O) groups is 1. The van der Waals surface area contributed by atoms with Gasteiger partial charge >= 0.3 is 0 Å². The highest BCUT2D eigenvalue weighted by molar-refractivity contribution is 8.00. The lowest BCUT2D eigenvalue weighted by molar-refractivity contribution is -0.120. The van der Waals surface area contributed by atoms with E-state index in [4.69, 9.17) is 0 Å². The summed E-state index contributed by atoms with van der Waals surface area (Å²) in [6.45, 7) is 6.87. The maximum atomic E-state index is 12.3. The summed E-state index contributed by atoms with van der Waals surface area (Å²) in [6.07, 6.45) is 0. The first-order chi connectivity index (χ1) is 12.6. The van der Waals surface area contributed by atoms with Crippen molar-refractivity contribution in [2.75, 3.05) is 38.1 Å². The molecular weight excluding hydrogens is 342 g/mol. The van der Waals surface area contributed by atoms with E-state index in [0.717, 1.165) is 36.6 Å². The SMILES string of the molecule is C[C@H](Sc1ccccc1)C(=O)NCc1ccc(N2CCN(C)CC2)cc1. The van der Waals surface area contributed by atoms with E-state index in [1.165, 1.54) is 5.69 Å². The second-order valence-electron chi connectivity index (χ2n) is 6.75. The van der Waals surface area contributed by atoms with E-state index < -0.39 is 0 Å². The van der Waals surface area contributed by atoms with Crippen LogP contribution >= 0.6 is 11.8 Å². The number of anilines is 1. The van der Waals surface area contributed by atoms with Crippen molar-refractivity contribution in [1.29, 1.82) is 0 Å². The summed E-state index contributed by atoms with van der Waals surface area (Å²) in [6, 6.07) is 18.6. The molecule has 2 aromatic carbocycles. The van der Waals surface area contributed by atoms with Gasteiger partial charge in [-0.1, -0.05) is 30.3 Å². The highest BCUT2D eigenvalue weighted by atomic mass is 32.2. The van der Waals surface area contributed by atoms with Gasteiger partial charge in [0.2, 0.25) is 5.91 Å². The normalized spacial score (nSPS) is 16.3. The lowest BCUT2D eigenvalue weighted by Gasteiger charge is -2.34. The summed E-state index contributed by atoms with van der Waals surface area (Å²) in [7, 11) is 2.17. The Morgan fingerprint density at radius 1 is 1.04 bits per heavy atom. The van der Waals surface area contributed by atoms with Crippen LogP contribution in [0.2, 0.25) is 0 Å². The summed E-state index contributed by atoms with van der Waals surface area (Å²) in [5.41, 5.74) is 2.40. The van der Waals surface area contributed by atoms with E-state index in [2.05, 4.69) is 46.4 Å². The van der Waals surface area contributed by atoms with Gasteiger partial charge in [-0.05, 0) is 43.8 Å². The third-order valence-corrected chi connectivity index (χ3v) is 5.81. The van der Waals surface area contributed by atoms with E-state index >= 15 is 0 Å². The van der Waals surface area contributed by atoms with Crippen molar-refractivity contribution >= 4 is 23.4 Å². The predicted molar refractivity (Wildman–Crippen MR) is 110 cm³/mol. The molecule has 1 heterocycles. The Hall–Kier alpha value is -1.98. The third-order valence-electron chi connectivity index (χ3n) is 4.70. The summed E-state index contributed by atoms with van der Waals surface area (Å²) in [4.78, 5) is 18.2. The number of likely N-dealkylation sites (N-methyl/N-ethyl adjacent to an activating group) is 1. The molecule has 1 fully saturated rings. The number of piperazine rings is 1. The zero-order valence-electron chi connectivity index (χ0n) is 15.5. The van der Waals surface area contributed by atoms with Gasteiger partial charge in [0.25, 0.3) is 0 Å². The molecule has 138 valence electrons. The quantitative estimate of drug-likeness (QED) is 0.793. The van der Waals surface area contributed by atoms with E-state index in [1.54, 1.807) is 11.8 Å².